The molecular formula is C7H16N2. The average molecular weight is 128 g/mol. The van der Waals surface area contributed by atoms with Crippen molar-refractivity contribution in [1.29, 1.82) is 0 Å². The Kier molecular flexibility index (Phi) is 2.09. The number of likely N-dealkylation sites (tertiary alicyclic amines) is 1. The van der Waals surface area contributed by atoms with Crippen molar-refractivity contribution in [3.05, 3.63) is 0 Å². The van der Waals surface area contributed by atoms with E-state index in [9.17, 15) is 0 Å². The molecule has 0 aromatic carbocycles. The number of rotatable bonds is 1. The predicted molar refractivity (Wildman–Crippen MR) is 39.3 cm³/mol. The van der Waals surface area contributed by atoms with Crippen LogP contribution in [-0.4, -0.2) is 31.1 Å². The Morgan fingerprint density at radius 2 is 2.33 bits per heavy atom. The second-order valence-electron chi connectivity index (χ2n) is 3.13. The summed E-state index contributed by atoms with van der Waals surface area (Å²) in [5, 5.41) is 0. The Labute approximate surface area is 57.0 Å². The van der Waals surface area contributed by atoms with E-state index >= 15 is 0 Å². The smallest absolute Gasteiger partial charge is 0.00675 e. The molecule has 2 nitrogen and oxygen atoms in total. The lowest BCUT2D eigenvalue weighted by Crippen LogP contribution is -2.22. The quantitative estimate of drug-likeness (QED) is 0.550. The molecule has 1 heterocycles. The van der Waals surface area contributed by atoms with Crippen LogP contribution in [0.15, 0.2) is 0 Å². The summed E-state index contributed by atoms with van der Waals surface area (Å²) in [5.41, 5.74) is 5.53. The first-order valence-corrected chi connectivity index (χ1v) is 3.64. The zero-order chi connectivity index (χ0) is 6.85. The van der Waals surface area contributed by atoms with Gasteiger partial charge in [0.05, 0.1) is 0 Å². The predicted octanol–water partition coefficient (Wildman–Crippen LogP) is 0.285. The first-order valence-electron chi connectivity index (χ1n) is 3.64. The summed E-state index contributed by atoms with van der Waals surface area (Å²) in [4.78, 5) is 2.37. The standard InChI is InChI=1S/C7H16N2/c1-6-3-7(4-8)5-9(6)2/h6-7H,3-5,8H2,1-2H3. The summed E-state index contributed by atoms with van der Waals surface area (Å²) in [5.74, 6) is 0.755. The molecule has 1 fully saturated rings. The average Bonchev–Trinajstić information content (AvgIpc) is 2.13. The van der Waals surface area contributed by atoms with Gasteiger partial charge in [-0.3, -0.25) is 0 Å². The van der Waals surface area contributed by atoms with Crippen molar-refractivity contribution >= 4 is 0 Å². The zero-order valence-electron chi connectivity index (χ0n) is 6.30. The Morgan fingerprint density at radius 3 is 2.56 bits per heavy atom. The summed E-state index contributed by atoms with van der Waals surface area (Å²) in [6.07, 6.45) is 1.28. The van der Waals surface area contributed by atoms with E-state index in [1.807, 2.05) is 0 Å². The largest absolute Gasteiger partial charge is 0.330 e. The van der Waals surface area contributed by atoms with Crippen LogP contribution in [0.1, 0.15) is 13.3 Å². The van der Waals surface area contributed by atoms with Crippen molar-refractivity contribution < 1.29 is 0 Å². The van der Waals surface area contributed by atoms with Gasteiger partial charge >= 0.3 is 0 Å². The minimum atomic E-state index is 0.749. The van der Waals surface area contributed by atoms with E-state index in [-0.39, 0.29) is 0 Å². The fraction of sp³-hybridized carbons (Fsp3) is 1.00. The molecule has 2 heteroatoms. The summed E-state index contributed by atoms with van der Waals surface area (Å²) < 4.78 is 0. The van der Waals surface area contributed by atoms with Crippen molar-refractivity contribution in [2.75, 3.05) is 20.1 Å². The summed E-state index contributed by atoms with van der Waals surface area (Å²) in [6, 6.07) is 0.749. The van der Waals surface area contributed by atoms with Gasteiger partial charge in [-0.15, -0.1) is 0 Å². The Hall–Kier alpha value is -0.0800. The van der Waals surface area contributed by atoms with Crippen LogP contribution in [0.5, 0.6) is 0 Å². The van der Waals surface area contributed by atoms with Gasteiger partial charge in [-0.1, -0.05) is 0 Å². The van der Waals surface area contributed by atoms with Crippen molar-refractivity contribution in [2.24, 2.45) is 11.7 Å². The van der Waals surface area contributed by atoms with Crippen molar-refractivity contribution in [2.45, 2.75) is 19.4 Å². The van der Waals surface area contributed by atoms with Crippen LogP contribution in [0.4, 0.5) is 0 Å². The first kappa shape index (κ1) is 7.03. The van der Waals surface area contributed by atoms with Gasteiger partial charge in [0.2, 0.25) is 0 Å². The highest BCUT2D eigenvalue weighted by Crippen LogP contribution is 2.19. The molecule has 0 bridgehead atoms. The lowest BCUT2D eigenvalue weighted by atomic mass is 10.1. The molecule has 0 aliphatic carbocycles. The molecule has 9 heavy (non-hydrogen) atoms. The molecule has 0 radical (unpaired) electrons. The molecule has 0 aromatic heterocycles. The molecule has 1 rings (SSSR count). The zero-order valence-corrected chi connectivity index (χ0v) is 6.30. The molecule has 1 aliphatic heterocycles. The molecule has 0 spiro atoms. The third-order valence-corrected chi connectivity index (χ3v) is 2.31. The van der Waals surface area contributed by atoms with Gasteiger partial charge in [0.15, 0.2) is 0 Å². The van der Waals surface area contributed by atoms with Crippen molar-refractivity contribution in [1.82, 2.24) is 4.90 Å². The minimum Gasteiger partial charge on any atom is -0.330 e. The topological polar surface area (TPSA) is 29.3 Å². The molecule has 2 N–H and O–H groups in total. The summed E-state index contributed by atoms with van der Waals surface area (Å²) >= 11 is 0. The van der Waals surface area contributed by atoms with Gasteiger partial charge < -0.3 is 10.6 Å². The highest BCUT2D eigenvalue weighted by molar-refractivity contribution is 4.79. The monoisotopic (exact) mass is 128 g/mol. The van der Waals surface area contributed by atoms with Crippen LogP contribution in [-0.2, 0) is 0 Å². The van der Waals surface area contributed by atoms with Crippen LogP contribution in [0, 0.1) is 5.92 Å². The maximum absolute atomic E-state index is 5.53. The fourth-order valence-corrected chi connectivity index (χ4v) is 1.49. The number of hydrogen-bond donors (Lipinski definition) is 1. The van der Waals surface area contributed by atoms with Crippen LogP contribution < -0.4 is 5.73 Å². The highest BCUT2D eigenvalue weighted by Gasteiger charge is 2.24. The highest BCUT2D eigenvalue weighted by atomic mass is 15.1. The lowest BCUT2D eigenvalue weighted by Gasteiger charge is -2.12. The van der Waals surface area contributed by atoms with E-state index in [4.69, 9.17) is 5.73 Å². The fourth-order valence-electron chi connectivity index (χ4n) is 1.49. The van der Waals surface area contributed by atoms with E-state index in [1.54, 1.807) is 0 Å². The SMILES string of the molecule is CC1CC(CN)CN1C. The van der Waals surface area contributed by atoms with Gasteiger partial charge in [0.25, 0.3) is 0 Å². The molecule has 0 saturated carbocycles. The second-order valence-corrected chi connectivity index (χ2v) is 3.13. The number of hydrogen-bond acceptors (Lipinski definition) is 2. The second kappa shape index (κ2) is 2.67. The number of nitrogens with zero attached hydrogens (tertiary/aromatic N) is 1. The van der Waals surface area contributed by atoms with E-state index < -0.39 is 0 Å². The van der Waals surface area contributed by atoms with E-state index in [0.717, 1.165) is 18.5 Å². The maximum atomic E-state index is 5.53. The first-order chi connectivity index (χ1) is 4.24. The number of nitrogens with two attached hydrogens (primary N) is 1. The van der Waals surface area contributed by atoms with Crippen molar-refractivity contribution in [3.63, 3.8) is 0 Å². The van der Waals surface area contributed by atoms with Crippen molar-refractivity contribution in [3.8, 4) is 0 Å². The molecule has 2 unspecified atom stereocenters. The molecule has 2 atom stereocenters. The van der Waals surface area contributed by atoms with Crippen LogP contribution >= 0.6 is 0 Å². The van der Waals surface area contributed by atoms with Gasteiger partial charge in [0.1, 0.15) is 0 Å². The van der Waals surface area contributed by atoms with E-state index in [1.165, 1.54) is 13.0 Å². The summed E-state index contributed by atoms with van der Waals surface area (Å²) in [7, 11) is 2.17. The van der Waals surface area contributed by atoms with Gasteiger partial charge in [0, 0.05) is 12.6 Å². The molecular weight excluding hydrogens is 112 g/mol. The third kappa shape index (κ3) is 1.43. The molecule has 1 aliphatic rings. The maximum Gasteiger partial charge on any atom is 0.00675 e. The minimum absolute atomic E-state index is 0.749. The summed E-state index contributed by atoms with van der Waals surface area (Å²) in [6.45, 7) is 4.31. The van der Waals surface area contributed by atoms with Crippen LogP contribution in [0.25, 0.3) is 0 Å². The van der Waals surface area contributed by atoms with Gasteiger partial charge in [-0.2, -0.15) is 0 Å². The normalized spacial score (nSPS) is 37.7. The third-order valence-electron chi connectivity index (χ3n) is 2.31. The van der Waals surface area contributed by atoms with E-state index in [0.29, 0.717) is 0 Å². The Morgan fingerprint density at radius 1 is 1.67 bits per heavy atom. The van der Waals surface area contributed by atoms with Gasteiger partial charge in [-0.05, 0) is 32.9 Å². The molecule has 1 saturated heterocycles. The van der Waals surface area contributed by atoms with E-state index in [2.05, 4.69) is 18.9 Å². The van der Waals surface area contributed by atoms with Gasteiger partial charge in [-0.25, -0.2) is 0 Å². The Bertz CT molecular complexity index is 82.9. The Balaban J connectivity index is 2.35. The lowest BCUT2D eigenvalue weighted by molar-refractivity contribution is 0.326. The van der Waals surface area contributed by atoms with Crippen LogP contribution in [0.3, 0.4) is 0 Å². The molecule has 54 valence electrons. The molecule has 0 amide bonds. The molecule has 0 aromatic rings. The van der Waals surface area contributed by atoms with Crippen LogP contribution in [0.2, 0.25) is 0 Å².